The van der Waals surface area contributed by atoms with Crippen molar-refractivity contribution in [3.63, 3.8) is 0 Å². The van der Waals surface area contributed by atoms with Crippen LogP contribution >= 0.6 is 11.8 Å². The van der Waals surface area contributed by atoms with Crippen LogP contribution < -0.4 is 5.32 Å². The lowest BCUT2D eigenvalue weighted by molar-refractivity contribution is -0.138. The first kappa shape index (κ1) is 31.6. The molecule has 1 heterocycles. The van der Waals surface area contributed by atoms with Crippen LogP contribution in [0.5, 0.6) is 0 Å². The number of likely N-dealkylation sites (tertiary alicyclic amines) is 1. The number of thioether (sulfide) groups is 1. The number of ether oxygens (including phenoxy) is 2. The Balaban J connectivity index is 0.0000122. The monoisotopic (exact) mass is 516 g/mol. The molecule has 0 radical (unpaired) electrons. The smallest absolute Gasteiger partial charge is 0.242 e. The van der Waals surface area contributed by atoms with Crippen molar-refractivity contribution in [1.29, 1.82) is 0 Å². The van der Waals surface area contributed by atoms with Gasteiger partial charge >= 0.3 is 0 Å². The highest BCUT2D eigenvalue weighted by Gasteiger charge is 2.38. The van der Waals surface area contributed by atoms with E-state index in [2.05, 4.69) is 12.2 Å². The van der Waals surface area contributed by atoms with Gasteiger partial charge in [0.15, 0.2) is 0 Å². The number of carbonyl (C=O) groups excluding carboxylic acids is 4. The van der Waals surface area contributed by atoms with Gasteiger partial charge in [0.2, 0.25) is 17.7 Å². The van der Waals surface area contributed by atoms with E-state index in [1.165, 1.54) is 37.0 Å². The third-order valence-electron chi connectivity index (χ3n) is 6.18. The van der Waals surface area contributed by atoms with E-state index in [9.17, 15) is 19.2 Å². The summed E-state index contributed by atoms with van der Waals surface area (Å²) in [7, 11) is 0. The summed E-state index contributed by atoms with van der Waals surface area (Å²) in [6.45, 7) is 8.13. The van der Waals surface area contributed by atoms with Crippen LogP contribution in [0.3, 0.4) is 0 Å². The third-order valence-corrected chi connectivity index (χ3v) is 7.47. The van der Waals surface area contributed by atoms with Crippen molar-refractivity contribution in [2.75, 3.05) is 45.3 Å². The molecule has 1 rings (SSSR count). The molecule has 2 unspecified atom stereocenters. The summed E-state index contributed by atoms with van der Waals surface area (Å²) in [6, 6.07) is 0. The van der Waals surface area contributed by atoms with Gasteiger partial charge in [-0.3, -0.25) is 24.1 Å². The molecule has 0 aromatic heterocycles. The second kappa shape index (κ2) is 19.7. The van der Waals surface area contributed by atoms with Crippen LogP contribution in [0.4, 0.5) is 0 Å². The zero-order chi connectivity index (χ0) is 25.9. The largest absolute Gasteiger partial charge is 0.379 e. The predicted molar refractivity (Wildman–Crippen MR) is 141 cm³/mol. The summed E-state index contributed by atoms with van der Waals surface area (Å²) in [6.07, 6.45) is 8.84. The first-order valence-electron chi connectivity index (χ1n) is 13.3. The molecule has 0 saturated carbocycles. The zero-order valence-electron chi connectivity index (χ0n) is 22.0. The maximum atomic E-state index is 12.5. The highest BCUT2D eigenvalue weighted by molar-refractivity contribution is 8.00. The summed E-state index contributed by atoms with van der Waals surface area (Å²) in [5.41, 5.74) is 0. The molecule has 0 bridgehead atoms. The van der Waals surface area contributed by atoms with Crippen molar-refractivity contribution in [3.8, 4) is 0 Å². The average Bonchev–Trinajstić information content (AvgIpc) is 3.12. The maximum Gasteiger partial charge on any atom is 0.242 e. The van der Waals surface area contributed by atoms with Crippen LogP contribution in [-0.4, -0.2) is 78.9 Å². The number of ketones is 1. The standard InChI is InChI=1S/C26H46N2O6S.H2/c1-4-6-7-8-9-10-19-35-23-20-25(31)28(26(23)32)14-11-24(30)27-13-16-34-18-17-33-15-12-22(29)21(3)5-2;/h21,23H,4-20H2,1-3H3,(H,27,30);1H. The van der Waals surface area contributed by atoms with Crippen LogP contribution in [0.25, 0.3) is 0 Å². The number of hydrogen-bond donors (Lipinski definition) is 1. The summed E-state index contributed by atoms with van der Waals surface area (Å²) in [5.74, 6) is 0.639. The molecule has 0 spiro atoms. The fourth-order valence-electron chi connectivity index (χ4n) is 3.66. The Labute approximate surface area is 217 Å². The molecule has 1 N–H and O–H groups in total. The van der Waals surface area contributed by atoms with Gasteiger partial charge < -0.3 is 14.8 Å². The molecule has 1 fully saturated rings. The van der Waals surface area contributed by atoms with E-state index >= 15 is 0 Å². The topological polar surface area (TPSA) is 102 Å². The molecule has 35 heavy (non-hydrogen) atoms. The molecule has 1 saturated heterocycles. The lowest BCUT2D eigenvalue weighted by Crippen LogP contribution is -2.36. The van der Waals surface area contributed by atoms with Gasteiger partial charge in [0.05, 0.1) is 31.7 Å². The highest BCUT2D eigenvalue weighted by atomic mass is 32.2. The first-order valence-corrected chi connectivity index (χ1v) is 14.4. The van der Waals surface area contributed by atoms with E-state index in [0.29, 0.717) is 39.4 Å². The van der Waals surface area contributed by atoms with Crippen LogP contribution in [-0.2, 0) is 28.7 Å². The minimum Gasteiger partial charge on any atom is -0.379 e. The second-order valence-electron chi connectivity index (χ2n) is 9.07. The van der Waals surface area contributed by atoms with Crippen molar-refractivity contribution in [1.82, 2.24) is 10.2 Å². The Morgan fingerprint density at radius 2 is 1.71 bits per heavy atom. The third kappa shape index (κ3) is 14.0. The van der Waals surface area contributed by atoms with Gasteiger partial charge in [-0.15, -0.1) is 11.8 Å². The van der Waals surface area contributed by atoms with Crippen LogP contribution in [0, 0.1) is 5.92 Å². The number of rotatable bonds is 22. The normalized spacial score (nSPS) is 16.7. The van der Waals surface area contributed by atoms with Crippen molar-refractivity contribution < 1.29 is 30.1 Å². The Bertz CT molecular complexity index is 652. The summed E-state index contributed by atoms with van der Waals surface area (Å²) >= 11 is 1.57. The average molecular weight is 517 g/mol. The Kier molecular flexibility index (Phi) is 17.8. The molecule has 1 aliphatic rings. The predicted octanol–water partition coefficient (Wildman–Crippen LogP) is 4.00. The first-order chi connectivity index (χ1) is 16.9. The number of Topliss-reactive ketones (excluding diaryl/α,β-unsaturated/α-hetero) is 1. The number of hydrogen-bond acceptors (Lipinski definition) is 7. The lowest BCUT2D eigenvalue weighted by Gasteiger charge is -2.15. The summed E-state index contributed by atoms with van der Waals surface area (Å²) in [4.78, 5) is 49.7. The molecule has 204 valence electrons. The molecule has 8 nitrogen and oxygen atoms in total. The molecule has 3 amide bonds. The van der Waals surface area contributed by atoms with Crippen LogP contribution in [0.2, 0.25) is 0 Å². The Morgan fingerprint density at radius 1 is 1.03 bits per heavy atom. The molecule has 2 atom stereocenters. The summed E-state index contributed by atoms with van der Waals surface area (Å²) < 4.78 is 10.8. The highest BCUT2D eigenvalue weighted by Crippen LogP contribution is 2.26. The van der Waals surface area contributed by atoms with Gasteiger partial charge in [0.1, 0.15) is 5.78 Å². The van der Waals surface area contributed by atoms with Gasteiger partial charge in [-0.1, -0.05) is 52.9 Å². The number of nitrogens with one attached hydrogen (secondary N) is 1. The van der Waals surface area contributed by atoms with E-state index in [0.717, 1.165) is 18.6 Å². The molecule has 9 heteroatoms. The Hall–Kier alpha value is -1.45. The van der Waals surface area contributed by atoms with Crippen molar-refractivity contribution >= 4 is 35.3 Å². The van der Waals surface area contributed by atoms with Crippen molar-refractivity contribution in [2.45, 2.75) is 90.2 Å². The number of amides is 3. The van der Waals surface area contributed by atoms with E-state index in [4.69, 9.17) is 9.47 Å². The SMILES string of the molecule is CCCCCCCCSC1CC(=O)N(CCC(=O)NCCOCCOCCC(=O)C(C)CC)C1=O.[HH]. The number of unbranched alkanes of at least 4 members (excludes halogenated alkanes) is 5. The van der Waals surface area contributed by atoms with Gasteiger partial charge in [-0.05, 0) is 18.6 Å². The lowest BCUT2D eigenvalue weighted by atomic mass is 10.0. The van der Waals surface area contributed by atoms with Crippen molar-refractivity contribution in [3.05, 3.63) is 0 Å². The number of nitrogens with zero attached hydrogens (tertiary/aromatic N) is 1. The molecule has 1 aliphatic heterocycles. The molecular formula is C26H48N2O6S. The van der Waals surface area contributed by atoms with Crippen LogP contribution in [0.1, 0.15) is 86.4 Å². The van der Waals surface area contributed by atoms with Gasteiger partial charge in [-0.25, -0.2) is 0 Å². The fraction of sp³-hybridized carbons (Fsp3) is 0.846. The van der Waals surface area contributed by atoms with Gasteiger partial charge in [0, 0.05) is 39.7 Å². The van der Waals surface area contributed by atoms with E-state index < -0.39 is 0 Å². The van der Waals surface area contributed by atoms with Crippen molar-refractivity contribution in [2.24, 2.45) is 5.92 Å². The number of imide groups is 1. The van der Waals surface area contributed by atoms with E-state index in [-0.39, 0.29) is 55.5 Å². The molecule has 0 aromatic rings. The minimum atomic E-state index is -0.301. The van der Waals surface area contributed by atoms with E-state index in [1.54, 1.807) is 11.8 Å². The minimum absolute atomic E-state index is 0. The summed E-state index contributed by atoms with van der Waals surface area (Å²) in [5, 5.41) is 2.44. The quantitative estimate of drug-likeness (QED) is 0.171. The number of carbonyl (C=O) groups is 4. The molecular weight excluding hydrogens is 468 g/mol. The fourth-order valence-corrected chi connectivity index (χ4v) is 4.84. The maximum absolute atomic E-state index is 12.5. The van der Waals surface area contributed by atoms with E-state index in [1.807, 2.05) is 13.8 Å². The van der Waals surface area contributed by atoms with Gasteiger partial charge in [0.25, 0.3) is 0 Å². The zero-order valence-corrected chi connectivity index (χ0v) is 22.8. The van der Waals surface area contributed by atoms with Crippen LogP contribution in [0.15, 0.2) is 0 Å². The van der Waals surface area contributed by atoms with Gasteiger partial charge in [-0.2, -0.15) is 0 Å². The second-order valence-corrected chi connectivity index (χ2v) is 10.4. The molecule has 0 aromatic carbocycles. The Morgan fingerprint density at radius 3 is 2.43 bits per heavy atom. The molecule has 0 aliphatic carbocycles.